The van der Waals surface area contributed by atoms with Crippen molar-refractivity contribution < 1.29 is 22.0 Å². The minimum atomic E-state index is -4.37. The number of hydrogen-bond acceptors (Lipinski definition) is 2. The molecule has 0 fully saturated rings. The first-order valence-electron chi connectivity index (χ1n) is 9.21. The molecule has 1 aromatic carbocycles. The van der Waals surface area contributed by atoms with Crippen molar-refractivity contribution in [2.45, 2.75) is 45.5 Å². The fourth-order valence-electron chi connectivity index (χ4n) is 2.73. The molecule has 1 unspecified atom stereocenters. The Morgan fingerprint density at radius 3 is 2.66 bits per heavy atom. The van der Waals surface area contributed by atoms with Crippen LogP contribution in [0.2, 0.25) is 0 Å². The molecule has 0 saturated carbocycles. The van der Waals surface area contributed by atoms with Gasteiger partial charge in [0.05, 0.1) is 5.56 Å². The van der Waals surface area contributed by atoms with Crippen molar-refractivity contribution in [3.8, 4) is 0 Å². The van der Waals surface area contributed by atoms with Crippen LogP contribution in [-0.4, -0.2) is 28.6 Å². The maximum absolute atomic E-state index is 12.9. The monoisotopic (exact) mass is 417 g/mol. The number of benzene rings is 1. The number of nitrogens with one attached hydrogen (secondary N) is 2. The lowest BCUT2D eigenvalue weighted by Gasteiger charge is -2.16. The van der Waals surface area contributed by atoms with Crippen molar-refractivity contribution >= 4 is 5.96 Å². The first-order chi connectivity index (χ1) is 13.7. The van der Waals surface area contributed by atoms with Crippen LogP contribution >= 0.6 is 0 Å². The smallest absolute Gasteiger partial charge is 0.357 e. The maximum atomic E-state index is 12.9. The zero-order valence-electron chi connectivity index (χ0n) is 16.2. The van der Waals surface area contributed by atoms with Crippen molar-refractivity contribution in [2.75, 3.05) is 13.1 Å². The van der Waals surface area contributed by atoms with E-state index in [1.807, 2.05) is 13.8 Å². The molecule has 1 aromatic heterocycles. The van der Waals surface area contributed by atoms with Crippen molar-refractivity contribution in [1.82, 2.24) is 20.2 Å². The molecule has 0 saturated heterocycles. The lowest BCUT2D eigenvalue weighted by Crippen LogP contribution is -2.38. The van der Waals surface area contributed by atoms with E-state index >= 15 is 0 Å². The summed E-state index contributed by atoms with van der Waals surface area (Å²) in [6, 6.07) is 5.28. The standard InChI is InChI=1S/C19H24F5N5/c1-3-25-18(28-12-16-26-9-10-29(16)17(20)21)27-8-7-13(2)14-5-4-6-15(11-14)19(22,23)24/h4-6,9-11,13,17H,3,7-8,12H2,1-2H3,(H2,25,27,28). The van der Waals surface area contributed by atoms with Crippen LogP contribution in [-0.2, 0) is 12.7 Å². The highest BCUT2D eigenvalue weighted by molar-refractivity contribution is 5.79. The lowest BCUT2D eigenvalue weighted by atomic mass is 9.96. The molecule has 2 aromatic rings. The summed E-state index contributed by atoms with van der Waals surface area (Å²) in [5.41, 5.74) is -0.0678. The second kappa shape index (κ2) is 10.2. The van der Waals surface area contributed by atoms with E-state index in [1.54, 1.807) is 6.07 Å². The van der Waals surface area contributed by atoms with Crippen LogP contribution < -0.4 is 10.6 Å². The molecule has 0 radical (unpaired) electrons. The van der Waals surface area contributed by atoms with Crippen molar-refractivity contribution in [1.29, 1.82) is 0 Å². The molecule has 0 spiro atoms. The van der Waals surface area contributed by atoms with Gasteiger partial charge in [0.2, 0.25) is 0 Å². The van der Waals surface area contributed by atoms with Crippen molar-refractivity contribution in [2.24, 2.45) is 4.99 Å². The van der Waals surface area contributed by atoms with Gasteiger partial charge in [0.15, 0.2) is 5.96 Å². The quantitative estimate of drug-likeness (QED) is 0.377. The van der Waals surface area contributed by atoms with Crippen molar-refractivity contribution in [3.05, 3.63) is 53.6 Å². The second-order valence-electron chi connectivity index (χ2n) is 6.46. The topological polar surface area (TPSA) is 54.2 Å². The van der Waals surface area contributed by atoms with Gasteiger partial charge >= 0.3 is 12.7 Å². The first kappa shape index (κ1) is 22.6. The fraction of sp³-hybridized carbons (Fsp3) is 0.474. The predicted molar refractivity (Wildman–Crippen MR) is 101 cm³/mol. The Hall–Kier alpha value is -2.65. The normalized spacial score (nSPS) is 13.6. The van der Waals surface area contributed by atoms with Gasteiger partial charge < -0.3 is 10.6 Å². The van der Waals surface area contributed by atoms with Gasteiger partial charge in [-0.2, -0.15) is 22.0 Å². The van der Waals surface area contributed by atoms with Gasteiger partial charge in [0.1, 0.15) is 12.4 Å². The molecule has 0 bridgehead atoms. The van der Waals surface area contributed by atoms with E-state index in [0.29, 0.717) is 31.0 Å². The molecule has 160 valence electrons. The molecular weight excluding hydrogens is 393 g/mol. The van der Waals surface area contributed by atoms with Crippen LogP contribution in [0.1, 0.15) is 49.7 Å². The van der Waals surface area contributed by atoms with Gasteiger partial charge in [-0.05, 0) is 30.9 Å². The molecule has 2 rings (SSSR count). The number of imidazole rings is 1. The van der Waals surface area contributed by atoms with Gasteiger partial charge in [-0.1, -0.05) is 25.1 Å². The van der Waals surface area contributed by atoms with E-state index in [2.05, 4.69) is 20.6 Å². The molecule has 0 aliphatic heterocycles. The Balaban J connectivity index is 1.94. The summed E-state index contributed by atoms with van der Waals surface area (Å²) in [6.07, 6.45) is -1.33. The minimum Gasteiger partial charge on any atom is -0.357 e. The average Bonchev–Trinajstić information content (AvgIpc) is 3.14. The summed E-state index contributed by atoms with van der Waals surface area (Å²) in [5, 5.41) is 6.07. The van der Waals surface area contributed by atoms with Gasteiger partial charge in [0.25, 0.3) is 0 Å². The SMILES string of the molecule is CCNC(=NCc1nccn1C(F)F)NCCC(C)c1cccc(C(F)(F)F)c1. The molecule has 5 nitrogen and oxygen atoms in total. The highest BCUT2D eigenvalue weighted by Crippen LogP contribution is 2.31. The maximum Gasteiger partial charge on any atom is 0.416 e. The van der Waals surface area contributed by atoms with Gasteiger partial charge in [0, 0.05) is 25.5 Å². The lowest BCUT2D eigenvalue weighted by molar-refractivity contribution is -0.137. The predicted octanol–water partition coefficient (Wildman–Crippen LogP) is 4.55. The van der Waals surface area contributed by atoms with E-state index < -0.39 is 18.3 Å². The molecule has 10 heteroatoms. The number of hydrogen-bond donors (Lipinski definition) is 2. The summed E-state index contributed by atoms with van der Waals surface area (Å²) < 4.78 is 65.1. The Morgan fingerprint density at radius 1 is 1.24 bits per heavy atom. The Bertz CT molecular complexity index is 800. The van der Waals surface area contributed by atoms with Crippen LogP contribution in [0.4, 0.5) is 22.0 Å². The van der Waals surface area contributed by atoms with E-state index in [1.165, 1.54) is 18.5 Å². The molecule has 0 aliphatic carbocycles. The first-order valence-corrected chi connectivity index (χ1v) is 9.21. The zero-order chi connectivity index (χ0) is 21.4. The number of rotatable bonds is 8. The van der Waals surface area contributed by atoms with Crippen LogP contribution in [0.25, 0.3) is 0 Å². The van der Waals surface area contributed by atoms with E-state index in [0.717, 1.165) is 16.7 Å². The highest BCUT2D eigenvalue weighted by Gasteiger charge is 2.30. The number of aliphatic imine (C=N–C) groups is 1. The van der Waals surface area contributed by atoms with Crippen LogP contribution in [0.3, 0.4) is 0 Å². The Morgan fingerprint density at radius 2 is 2.00 bits per heavy atom. The summed E-state index contributed by atoms with van der Waals surface area (Å²) in [4.78, 5) is 8.12. The fourth-order valence-corrected chi connectivity index (χ4v) is 2.73. The van der Waals surface area contributed by atoms with Gasteiger partial charge in [-0.3, -0.25) is 4.57 Å². The highest BCUT2D eigenvalue weighted by atomic mass is 19.4. The van der Waals surface area contributed by atoms with Crippen LogP contribution in [0.15, 0.2) is 41.7 Å². The molecule has 29 heavy (non-hydrogen) atoms. The third kappa shape index (κ3) is 6.72. The number of nitrogens with zero attached hydrogens (tertiary/aromatic N) is 3. The Kier molecular flexibility index (Phi) is 7.98. The summed E-state index contributed by atoms with van der Waals surface area (Å²) >= 11 is 0. The van der Waals surface area contributed by atoms with Gasteiger partial charge in [-0.25, -0.2) is 9.98 Å². The average molecular weight is 417 g/mol. The third-order valence-electron chi connectivity index (χ3n) is 4.33. The molecule has 1 atom stereocenters. The van der Waals surface area contributed by atoms with Crippen LogP contribution in [0.5, 0.6) is 0 Å². The largest absolute Gasteiger partial charge is 0.416 e. The number of aromatic nitrogens is 2. The van der Waals surface area contributed by atoms with E-state index in [-0.39, 0.29) is 18.3 Å². The van der Waals surface area contributed by atoms with Crippen molar-refractivity contribution in [3.63, 3.8) is 0 Å². The minimum absolute atomic E-state index is 0.0319. The molecule has 0 amide bonds. The Labute approximate surface area is 166 Å². The number of alkyl halides is 5. The van der Waals surface area contributed by atoms with Crippen LogP contribution in [0, 0.1) is 0 Å². The summed E-state index contributed by atoms with van der Waals surface area (Å²) in [7, 11) is 0. The molecule has 0 aliphatic rings. The zero-order valence-corrected chi connectivity index (χ0v) is 16.2. The summed E-state index contributed by atoms with van der Waals surface area (Å²) in [6.45, 7) is 2.01. The molecule has 1 heterocycles. The second-order valence-corrected chi connectivity index (χ2v) is 6.46. The molecular formula is C19H24F5N5. The summed E-state index contributed by atoms with van der Waals surface area (Å²) in [5.74, 6) is 0.451. The third-order valence-corrected chi connectivity index (χ3v) is 4.33. The van der Waals surface area contributed by atoms with E-state index in [4.69, 9.17) is 0 Å². The van der Waals surface area contributed by atoms with Gasteiger partial charge in [-0.15, -0.1) is 0 Å². The number of guanidine groups is 1. The van der Waals surface area contributed by atoms with E-state index in [9.17, 15) is 22.0 Å². The number of halogens is 5. The molecule has 2 N–H and O–H groups in total.